The first-order valence-electron chi connectivity index (χ1n) is 5.22. The van der Waals surface area contributed by atoms with Crippen LogP contribution in [0.15, 0.2) is 36.4 Å². The molecule has 0 bridgehead atoms. The number of hydrogen-bond acceptors (Lipinski definition) is 3. The Hall–Kier alpha value is -1.91. The highest BCUT2D eigenvalue weighted by Gasteiger charge is 2.05. The van der Waals surface area contributed by atoms with Gasteiger partial charge in [-0.1, -0.05) is 46.9 Å². The highest BCUT2D eigenvalue weighted by Crippen LogP contribution is 2.32. The highest BCUT2D eigenvalue weighted by molar-refractivity contribution is 6.37. The van der Waals surface area contributed by atoms with Crippen molar-refractivity contribution in [1.82, 2.24) is 0 Å². The molecule has 0 spiro atoms. The molecule has 0 saturated heterocycles. The van der Waals surface area contributed by atoms with E-state index >= 15 is 0 Å². The Kier molecular flexibility index (Phi) is 6.15. The average Bonchev–Trinajstić information content (AvgIpc) is 2.45. The molecule has 3 nitrogen and oxygen atoms in total. The van der Waals surface area contributed by atoms with Gasteiger partial charge in [0.1, 0.15) is 6.07 Å². The number of nitrogens with zero attached hydrogens (tertiary/aromatic N) is 2. The Balaban J connectivity index is 0.000000204. The van der Waals surface area contributed by atoms with Crippen LogP contribution in [0.25, 0.3) is 0 Å². The maximum atomic E-state index is 9.05. The fraction of sp³-hybridized carbons (Fsp3) is 0. The molecular formula is C14H7Cl3N2O. The summed E-state index contributed by atoms with van der Waals surface area (Å²) < 4.78 is 0. The van der Waals surface area contributed by atoms with Crippen molar-refractivity contribution < 1.29 is 5.11 Å². The zero-order valence-corrected chi connectivity index (χ0v) is 12.2. The smallest absolute Gasteiger partial charge is 0.152 e. The monoisotopic (exact) mass is 324 g/mol. The van der Waals surface area contributed by atoms with Crippen molar-refractivity contribution in [2.75, 3.05) is 0 Å². The second-order valence-corrected chi connectivity index (χ2v) is 4.71. The van der Waals surface area contributed by atoms with Crippen molar-refractivity contribution >= 4 is 34.8 Å². The van der Waals surface area contributed by atoms with Crippen LogP contribution in [-0.4, -0.2) is 5.11 Å². The van der Waals surface area contributed by atoms with E-state index in [2.05, 4.69) is 0 Å². The number of phenolic OH excluding ortho intramolecular Hbond substituents is 1. The van der Waals surface area contributed by atoms with Crippen molar-refractivity contribution in [3.8, 4) is 17.9 Å². The predicted octanol–water partition coefficient (Wildman–Crippen LogP) is 4.78. The lowest BCUT2D eigenvalue weighted by molar-refractivity contribution is 0.476. The van der Waals surface area contributed by atoms with Gasteiger partial charge in [0.25, 0.3) is 0 Å². The van der Waals surface area contributed by atoms with E-state index in [1.165, 1.54) is 12.1 Å². The van der Waals surface area contributed by atoms with Crippen LogP contribution in [-0.2, 0) is 0 Å². The number of hydrogen-bond donors (Lipinski definition) is 1. The third kappa shape index (κ3) is 4.33. The van der Waals surface area contributed by atoms with Crippen LogP contribution in [0.2, 0.25) is 15.1 Å². The molecule has 0 atom stereocenters. The third-order valence-electron chi connectivity index (χ3n) is 2.14. The lowest BCUT2D eigenvalue weighted by atomic mass is 10.2. The standard InChI is InChI=1S/C7H3Cl2NO.C7H4ClN/c8-5-1-4(3-10)2-6(9)7(5)11;8-7-4-2-1-3-6(7)5-9/h1-2,11H;1-4H. The lowest BCUT2D eigenvalue weighted by Gasteiger charge is -1.98. The summed E-state index contributed by atoms with van der Waals surface area (Å²) in [7, 11) is 0. The van der Waals surface area contributed by atoms with Crippen LogP contribution in [0.1, 0.15) is 11.1 Å². The summed E-state index contributed by atoms with van der Waals surface area (Å²) in [6, 6.07) is 13.5. The SMILES string of the molecule is N#Cc1cc(Cl)c(O)c(Cl)c1.N#Cc1ccccc1Cl. The molecule has 0 aromatic heterocycles. The minimum Gasteiger partial charge on any atom is -0.505 e. The molecule has 6 heteroatoms. The van der Waals surface area contributed by atoms with E-state index in [4.69, 9.17) is 50.4 Å². The van der Waals surface area contributed by atoms with Gasteiger partial charge in [-0.25, -0.2) is 0 Å². The summed E-state index contributed by atoms with van der Waals surface area (Å²) >= 11 is 16.6. The van der Waals surface area contributed by atoms with Gasteiger partial charge in [0.15, 0.2) is 5.75 Å². The van der Waals surface area contributed by atoms with Gasteiger partial charge >= 0.3 is 0 Å². The molecule has 2 aromatic rings. The van der Waals surface area contributed by atoms with Crippen molar-refractivity contribution in [2.45, 2.75) is 0 Å². The first kappa shape index (κ1) is 16.1. The number of nitriles is 2. The van der Waals surface area contributed by atoms with Crippen molar-refractivity contribution in [1.29, 1.82) is 10.5 Å². The fourth-order valence-corrected chi connectivity index (χ4v) is 1.85. The van der Waals surface area contributed by atoms with E-state index in [1.54, 1.807) is 24.3 Å². The average molecular weight is 326 g/mol. The number of rotatable bonds is 0. The number of aromatic hydroxyl groups is 1. The van der Waals surface area contributed by atoms with E-state index in [-0.39, 0.29) is 15.8 Å². The van der Waals surface area contributed by atoms with E-state index in [0.29, 0.717) is 16.1 Å². The third-order valence-corrected chi connectivity index (χ3v) is 3.05. The Bertz CT molecular complexity index is 679. The van der Waals surface area contributed by atoms with E-state index in [1.807, 2.05) is 12.1 Å². The van der Waals surface area contributed by atoms with Crippen molar-refractivity contribution in [2.24, 2.45) is 0 Å². The van der Waals surface area contributed by atoms with Crippen LogP contribution in [0, 0.1) is 22.7 Å². The zero-order valence-electron chi connectivity index (χ0n) is 9.94. The molecule has 0 aliphatic heterocycles. The second-order valence-electron chi connectivity index (χ2n) is 3.49. The van der Waals surface area contributed by atoms with Gasteiger partial charge in [0.05, 0.1) is 32.3 Å². The lowest BCUT2D eigenvalue weighted by Crippen LogP contribution is -1.76. The molecule has 1 N–H and O–H groups in total. The Labute approximate surface area is 131 Å². The van der Waals surface area contributed by atoms with Crippen molar-refractivity contribution in [3.63, 3.8) is 0 Å². The van der Waals surface area contributed by atoms with E-state index in [0.717, 1.165) is 0 Å². The molecule has 0 amide bonds. The Morgan fingerprint density at radius 2 is 1.40 bits per heavy atom. The van der Waals surface area contributed by atoms with Crippen LogP contribution in [0.3, 0.4) is 0 Å². The van der Waals surface area contributed by atoms with E-state index in [9.17, 15) is 0 Å². The molecule has 0 saturated carbocycles. The molecule has 0 heterocycles. The van der Waals surface area contributed by atoms with Crippen molar-refractivity contribution in [3.05, 3.63) is 62.6 Å². The molecular weight excluding hydrogens is 319 g/mol. The Morgan fingerprint density at radius 3 is 1.80 bits per heavy atom. The predicted molar refractivity (Wildman–Crippen MR) is 79.0 cm³/mol. The van der Waals surface area contributed by atoms with Crippen LogP contribution < -0.4 is 0 Å². The van der Waals surface area contributed by atoms with Crippen LogP contribution in [0.4, 0.5) is 0 Å². The van der Waals surface area contributed by atoms with Crippen LogP contribution >= 0.6 is 34.8 Å². The first-order valence-corrected chi connectivity index (χ1v) is 6.35. The molecule has 0 fully saturated rings. The summed E-state index contributed by atoms with van der Waals surface area (Å²) in [5.74, 6) is -0.188. The van der Waals surface area contributed by atoms with Gasteiger partial charge in [0.2, 0.25) is 0 Å². The molecule has 2 rings (SSSR count). The summed E-state index contributed by atoms with van der Waals surface area (Å²) in [5, 5.41) is 26.6. The molecule has 0 unspecified atom stereocenters. The van der Waals surface area contributed by atoms with Gasteiger partial charge in [0, 0.05) is 0 Å². The van der Waals surface area contributed by atoms with Gasteiger partial charge in [-0.3, -0.25) is 0 Å². The molecule has 2 aromatic carbocycles. The highest BCUT2D eigenvalue weighted by atomic mass is 35.5. The molecule has 0 aliphatic carbocycles. The summed E-state index contributed by atoms with van der Waals surface area (Å²) in [5.41, 5.74) is 0.858. The van der Waals surface area contributed by atoms with Gasteiger partial charge in [-0.15, -0.1) is 0 Å². The molecule has 0 radical (unpaired) electrons. The van der Waals surface area contributed by atoms with Gasteiger partial charge < -0.3 is 5.11 Å². The number of halogens is 3. The second kappa shape index (κ2) is 7.62. The van der Waals surface area contributed by atoms with Gasteiger partial charge in [-0.2, -0.15) is 10.5 Å². The summed E-state index contributed by atoms with van der Waals surface area (Å²) in [6.45, 7) is 0. The Morgan fingerprint density at radius 1 is 0.850 bits per heavy atom. The molecule has 0 aliphatic rings. The largest absolute Gasteiger partial charge is 0.505 e. The van der Waals surface area contributed by atoms with Gasteiger partial charge in [-0.05, 0) is 24.3 Å². The maximum absolute atomic E-state index is 9.05. The normalized spacial score (nSPS) is 8.85. The fourth-order valence-electron chi connectivity index (χ4n) is 1.18. The maximum Gasteiger partial charge on any atom is 0.152 e. The number of phenols is 1. The summed E-state index contributed by atoms with van der Waals surface area (Å²) in [4.78, 5) is 0. The minimum atomic E-state index is -0.188. The number of benzene rings is 2. The topological polar surface area (TPSA) is 67.8 Å². The molecule has 100 valence electrons. The quantitative estimate of drug-likeness (QED) is 0.757. The minimum absolute atomic E-state index is 0.0917. The van der Waals surface area contributed by atoms with E-state index < -0.39 is 0 Å². The first-order chi connectivity index (χ1) is 9.49. The molecule has 20 heavy (non-hydrogen) atoms. The summed E-state index contributed by atoms with van der Waals surface area (Å²) in [6.07, 6.45) is 0. The zero-order chi connectivity index (χ0) is 15.1. The van der Waals surface area contributed by atoms with Crippen LogP contribution in [0.5, 0.6) is 5.75 Å².